The van der Waals surface area contributed by atoms with Gasteiger partial charge in [0.15, 0.2) is 5.82 Å². The summed E-state index contributed by atoms with van der Waals surface area (Å²) >= 11 is 2.81. The molecular formula is C19H20BrF3N4O4. The lowest BCUT2D eigenvalue weighted by atomic mass is 10.1. The summed E-state index contributed by atoms with van der Waals surface area (Å²) in [7, 11) is 0. The zero-order valence-electron chi connectivity index (χ0n) is 16.4. The molecule has 168 valence electrons. The van der Waals surface area contributed by atoms with Crippen molar-refractivity contribution in [1.82, 2.24) is 20.8 Å². The third-order valence-electron chi connectivity index (χ3n) is 4.92. The van der Waals surface area contributed by atoms with Crippen LogP contribution in [0.5, 0.6) is 0 Å². The van der Waals surface area contributed by atoms with Crippen LogP contribution < -0.4 is 10.6 Å². The Labute approximate surface area is 183 Å². The molecule has 12 heteroatoms. The van der Waals surface area contributed by atoms with Crippen molar-refractivity contribution in [2.24, 2.45) is 0 Å². The van der Waals surface area contributed by atoms with E-state index >= 15 is 0 Å². The van der Waals surface area contributed by atoms with E-state index in [1.165, 1.54) is 12.1 Å². The first-order valence-corrected chi connectivity index (χ1v) is 10.3. The maximum atomic E-state index is 14.5. The summed E-state index contributed by atoms with van der Waals surface area (Å²) < 4.78 is 47.7. The van der Waals surface area contributed by atoms with Crippen molar-refractivity contribution in [3.05, 3.63) is 45.8 Å². The van der Waals surface area contributed by atoms with Crippen molar-refractivity contribution < 1.29 is 32.4 Å². The van der Waals surface area contributed by atoms with Crippen LogP contribution in [-0.2, 0) is 21.9 Å². The van der Waals surface area contributed by atoms with Crippen molar-refractivity contribution in [2.75, 3.05) is 0 Å². The summed E-state index contributed by atoms with van der Waals surface area (Å²) in [5.74, 6) is -6.69. The van der Waals surface area contributed by atoms with Crippen LogP contribution in [0.3, 0.4) is 0 Å². The molecule has 0 unspecified atom stereocenters. The Morgan fingerprint density at radius 2 is 2.06 bits per heavy atom. The molecular weight excluding hydrogens is 485 g/mol. The molecule has 0 spiro atoms. The van der Waals surface area contributed by atoms with E-state index in [1.807, 2.05) is 0 Å². The Hall–Kier alpha value is -2.47. The fraction of sp³-hybridized carbons (Fsp3) is 0.474. The number of halogens is 4. The number of nitrogens with one attached hydrogen (secondary N) is 2. The van der Waals surface area contributed by atoms with Gasteiger partial charge < -0.3 is 20.3 Å². The molecule has 0 bridgehead atoms. The van der Waals surface area contributed by atoms with Crippen molar-refractivity contribution in [3.8, 4) is 0 Å². The first kappa shape index (κ1) is 23.2. The molecule has 1 aliphatic carbocycles. The molecule has 1 aromatic carbocycles. The predicted molar refractivity (Wildman–Crippen MR) is 104 cm³/mol. The highest BCUT2D eigenvalue weighted by Gasteiger charge is 2.46. The lowest BCUT2D eigenvalue weighted by Crippen LogP contribution is -2.47. The van der Waals surface area contributed by atoms with Gasteiger partial charge in [-0.05, 0) is 47.8 Å². The third-order valence-corrected chi connectivity index (χ3v) is 5.53. The van der Waals surface area contributed by atoms with Crippen LogP contribution >= 0.6 is 15.9 Å². The second-order valence-corrected chi connectivity index (χ2v) is 8.15. The number of alkyl halides is 2. The van der Waals surface area contributed by atoms with Gasteiger partial charge in [-0.25, -0.2) is 4.39 Å². The van der Waals surface area contributed by atoms with Crippen LogP contribution in [0.2, 0.25) is 0 Å². The summed E-state index contributed by atoms with van der Waals surface area (Å²) in [6, 6.07) is 1.71. The van der Waals surface area contributed by atoms with Crippen LogP contribution in [0.1, 0.15) is 36.5 Å². The summed E-state index contributed by atoms with van der Waals surface area (Å²) in [6.07, 6.45) is -0.725. The standard InChI is InChI=1S/C19H20BrF3N4O4/c1-9-24-16(31-27-9)6-5-15(29)25-10-7-13(14(28)8-10)26-18(30)19(22,23)11-3-2-4-12(20)17(11)21/h2-4,10,13-14,28H,5-8H2,1H3,(H,25,29)(H,26,30)/t10-,13-,14-/m0/s1. The maximum Gasteiger partial charge on any atom is 0.352 e. The minimum atomic E-state index is -4.14. The van der Waals surface area contributed by atoms with E-state index < -0.39 is 41.4 Å². The van der Waals surface area contributed by atoms with Crippen LogP contribution in [0.4, 0.5) is 13.2 Å². The number of aliphatic hydroxyl groups excluding tert-OH is 1. The monoisotopic (exact) mass is 504 g/mol. The molecule has 31 heavy (non-hydrogen) atoms. The fourth-order valence-corrected chi connectivity index (χ4v) is 3.74. The Morgan fingerprint density at radius 1 is 1.32 bits per heavy atom. The second-order valence-electron chi connectivity index (χ2n) is 7.29. The molecule has 3 N–H and O–H groups in total. The zero-order valence-corrected chi connectivity index (χ0v) is 18.0. The summed E-state index contributed by atoms with van der Waals surface area (Å²) in [4.78, 5) is 28.2. The molecule has 1 fully saturated rings. The van der Waals surface area contributed by atoms with Gasteiger partial charge in [-0.3, -0.25) is 9.59 Å². The molecule has 0 aliphatic heterocycles. The Morgan fingerprint density at radius 3 is 2.74 bits per heavy atom. The lowest BCUT2D eigenvalue weighted by Gasteiger charge is -2.22. The molecule has 2 amide bonds. The Balaban J connectivity index is 1.54. The Kier molecular flexibility index (Phi) is 6.99. The minimum Gasteiger partial charge on any atom is -0.391 e. The summed E-state index contributed by atoms with van der Waals surface area (Å²) in [5.41, 5.74) is -1.08. The number of carbonyl (C=O) groups excluding carboxylic acids is 2. The largest absolute Gasteiger partial charge is 0.391 e. The smallest absolute Gasteiger partial charge is 0.352 e. The molecule has 1 aliphatic rings. The highest BCUT2D eigenvalue weighted by atomic mass is 79.9. The molecule has 3 rings (SSSR count). The second kappa shape index (κ2) is 9.35. The Bertz CT molecular complexity index is 971. The minimum absolute atomic E-state index is 0.0510. The zero-order chi connectivity index (χ0) is 22.8. The number of aromatic nitrogens is 2. The highest BCUT2D eigenvalue weighted by Crippen LogP contribution is 2.34. The van der Waals surface area contributed by atoms with Crippen LogP contribution in [0.15, 0.2) is 27.2 Å². The van der Waals surface area contributed by atoms with E-state index in [2.05, 4.69) is 36.7 Å². The van der Waals surface area contributed by atoms with Crippen molar-refractivity contribution in [3.63, 3.8) is 0 Å². The first-order valence-electron chi connectivity index (χ1n) is 9.47. The molecule has 1 heterocycles. The van der Waals surface area contributed by atoms with Gasteiger partial charge in [-0.15, -0.1) is 0 Å². The van der Waals surface area contributed by atoms with Gasteiger partial charge >= 0.3 is 5.92 Å². The number of aryl methyl sites for hydroxylation is 2. The van der Waals surface area contributed by atoms with Gasteiger partial charge in [-0.1, -0.05) is 11.2 Å². The van der Waals surface area contributed by atoms with Crippen LogP contribution in [0, 0.1) is 12.7 Å². The van der Waals surface area contributed by atoms with E-state index in [9.17, 15) is 27.9 Å². The number of rotatable bonds is 7. The molecule has 1 aromatic heterocycles. The van der Waals surface area contributed by atoms with Crippen molar-refractivity contribution >= 4 is 27.7 Å². The molecule has 8 nitrogen and oxygen atoms in total. The van der Waals surface area contributed by atoms with Gasteiger partial charge in [0.2, 0.25) is 11.8 Å². The van der Waals surface area contributed by atoms with Gasteiger partial charge in [0.1, 0.15) is 5.82 Å². The van der Waals surface area contributed by atoms with Gasteiger partial charge in [0, 0.05) is 18.9 Å². The van der Waals surface area contributed by atoms with E-state index in [4.69, 9.17) is 4.52 Å². The number of nitrogens with zero attached hydrogens (tertiary/aromatic N) is 2. The normalized spacial score (nSPS) is 21.2. The van der Waals surface area contributed by atoms with Gasteiger partial charge in [0.25, 0.3) is 5.91 Å². The molecule has 0 saturated heterocycles. The number of amides is 2. The van der Waals surface area contributed by atoms with Crippen molar-refractivity contribution in [1.29, 1.82) is 0 Å². The quantitative estimate of drug-likeness (QED) is 0.531. The first-order chi connectivity index (χ1) is 14.6. The fourth-order valence-electron chi connectivity index (χ4n) is 3.38. The van der Waals surface area contributed by atoms with Crippen LogP contribution in [0.25, 0.3) is 0 Å². The predicted octanol–water partition coefficient (Wildman–Crippen LogP) is 2.13. The van der Waals surface area contributed by atoms with Crippen molar-refractivity contribution in [2.45, 2.75) is 56.7 Å². The maximum absolute atomic E-state index is 14.5. The number of hydrogen-bond donors (Lipinski definition) is 3. The van der Waals surface area contributed by atoms with Gasteiger partial charge in [-0.2, -0.15) is 13.8 Å². The summed E-state index contributed by atoms with van der Waals surface area (Å²) in [5, 5.41) is 18.5. The number of carbonyl (C=O) groups is 2. The lowest BCUT2D eigenvalue weighted by molar-refractivity contribution is -0.148. The molecule has 2 aromatic rings. The van der Waals surface area contributed by atoms with Gasteiger partial charge in [0.05, 0.1) is 22.2 Å². The SMILES string of the molecule is Cc1noc(CCC(=O)N[C@H]2C[C@H](NC(=O)C(F)(F)c3cccc(Br)c3F)[C@@H](O)C2)n1. The number of hydrogen-bond acceptors (Lipinski definition) is 6. The van der Waals surface area contributed by atoms with Crippen LogP contribution in [-0.4, -0.2) is 45.2 Å². The van der Waals surface area contributed by atoms with E-state index in [-0.39, 0.29) is 36.1 Å². The highest BCUT2D eigenvalue weighted by molar-refractivity contribution is 9.10. The van der Waals surface area contributed by atoms with E-state index in [0.717, 1.165) is 6.07 Å². The number of aliphatic hydroxyl groups is 1. The summed E-state index contributed by atoms with van der Waals surface area (Å²) in [6.45, 7) is 1.65. The van der Waals surface area contributed by atoms with E-state index in [1.54, 1.807) is 6.92 Å². The average molecular weight is 505 g/mol. The molecule has 0 radical (unpaired) electrons. The topological polar surface area (TPSA) is 117 Å². The third kappa shape index (κ3) is 5.42. The van der Waals surface area contributed by atoms with E-state index in [0.29, 0.717) is 11.7 Å². The number of benzene rings is 1. The average Bonchev–Trinajstić information content (AvgIpc) is 3.27. The molecule has 1 saturated carbocycles. The molecule has 3 atom stereocenters.